The van der Waals surface area contributed by atoms with E-state index >= 15 is 0 Å². The summed E-state index contributed by atoms with van der Waals surface area (Å²) in [5.41, 5.74) is 2.06. The molecule has 1 heterocycles. The molecule has 0 aromatic heterocycles. The Morgan fingerprint density at radius 1 is 1.14 bits per heavy atom. The van der Waals surface area contributed by atoms with Crippen LogP contribution in [0.1, 0.15) is 46.3 Å². The number of nitrogens with zero attached hydrogens (tertiary/aromatic N) is 2. The molecule has 0 amide bonds. The molecule has 0 unspecified atom stereocenters. The molecular weight excluding hydrogens is 376 g/mol. The van der Waals surface area contributed by atoms with Crippen LogP contribution in [0.25, 0.3) is 0 Å². The summed E-state index contributed by atoms with van der Waals surface area (Å²) in [4.78, 5) is 12.7. The van der Waals surface area contributed by atoms with Gasteiger partial charge in [0.05, 0.1) is 22.1 Å². The fourth-order valence-electron chi connectivity index (χ4n) is 3.19. The molecule has 28 heavy (non-hydrogen) atoms. The molecule has 0 spiro atoms. The third kappa shape index (κ3) is 4.41. The average Bonchev–Trinajstić information content (AvgIpc) is 2.73. The van der Waals surface area contributed by atoms with E-state index in [9.17, 15) is 13.2 Å². The number of carbonyl (C=O) groups excluding carboxylic acids is 1. The second kappa shape index (κ2) is 8.55. The van der Waals surface area contributed by atoms with Gasteiger partial charge in [-0.2, -0.15) is 9.57 Å². The van der Waals surface area contributed by atoms with E-state index in [0.717, 1.165) is 19.3 Å². The van der Waals surface area contributed by atoms with E-state index in [4.69, 9.17) is 10.00 Å². The van der Waals surface area contributed by atoms with E-state index in [1.165, 1.54) is 16.4 Å². The van der Waals surface area contributed by atoms with Crippen LogP contribution in [0.3, 0.4) is 0 Å². The normalized spacial score (nSPS) is 15.0. The molecule has 1 fully saturated rings. The topological polar surface area (TPSA) is 87.5 Å². The third-order valence-electron chi connectivity index (χ3n) is 4.81. The van der Waals surface area contributed by atoms with Gasteiger partial charge in [-0.15, -0.1) is 0 Å². The van der Waals surface area contributed by atoms with Crippen LogP contribution in [-0.4, -0.2) is 31.8 Å². The zero-order valence-electron chi connectivity index (χ0n) is 15.7. The second-order valence-electron chi connectivity index (χ2n) is 6.83. The molecule has 2 aromatic rings. The Morgan fingerprint density at radius 2 is 1.89 bits per heavy atom. The van der Waals surface area contributed by atoms with E-state index in [-0.39, 0.29) is 17.1 Å². The first kappa shape index (κ1) is 20.1. The van der Waals surface area contributed by atoms with Crippen LogP contribution in [0, 0.1) is 18.3 Å². The molecule has 1 saturated heterocycles. The van der Waals surface area contributed by atoms with E-state index < -0.39 is 16.0 Å². The zero-order chi connectivity index (χ0) is 20.1. The van der Waals surface area contributed by atoms with Crippen molar-refractivity contribution in [3.63, 3.8) is 0 Å². The Hall–Kier alpha value is -2.69. The first-order valence-corrected chi connectivity index (χ1v) is 10.6. The monoisotopic (exact) mass is 398 g/mol. The van der Waals surface area contributed by atoms with Crippen molar-refractivity contribution in [3.8, 4) is 6.07 Å². The Kier molecular flexibility index (Phi) is 6.12. The van der Waals surface area contributed by atoms with Gasteiger partial charge in [0, 0.05) is 13.1 Å². The standard InChI is InChI=1S/C21H22N2O4S/c1-16-8-9-19(28(25,26)23-10-3-2-4-11-23)13-20(16)21(24)27-15-18-7-5-6-17(12-18)14-22/h5-9,12-13H,2-4,10-11,15H2,1H3. The first-order valence-electron chi connectivity index (χ1n) is 9.19. The van der Waals surface area contributed by atoms with Crippen LogP contribution in [0.4, 0.5) is 0 Å². The minimum absolute atomic E-state index is 0.0108. The maximum atomic E-state index is 12.9. The van der Waals surface area contributed by atoms with Gasteiger partial charge in [0.1, 0.15) is 6.61 Å². The third-order valence-corrected chi connectivity index (χ3v) is 6.70. The lowest BCUT2D eigenvalue weighted by molar-refractivity contribution is 0.0471. The zero-order valence-corrected chi connectivity index (χ0v) is 16.5. The Labute approximate surface area is 165 Å². The van der Waals surface area contributed by atoms with Gasteiger partial charge in [-0.05, 0) is 55.2 Å². The number of sulfonamides is 1. The smallest absolute Gasteiger partial charge is 0.338 e. The number of nitriles is 1. The number of hydrogen-bond acceptors (Lipinski definition) is 5. The summed E-state index contributed by atoms with van der Waals surface area (Å²) < 4.78 is 32.6. The molecule has 0 aliphatic carbocycles. The van der Waals surface area contributed by atoms with Crippen molar-refractivity contribution in [2.24, 2.45) is 0 Å². The lowest BCUT2D eigenvalue weighted by Crippen LogP contribution is -2.35. The summed E-state index contributed by atoms with van der Waals surface area (Å²) in [7, 11) is -3.62. The second-order valence-corrected chi connectivity index (χ2v) is 8.77. The Morgan fingerprint density at radius 3 is 2.61 bits per heavy atom. The molecular formula is C21H22N2O4S. The molecule has 3 rings (SSSR count). The largest absolute Gasteiger partial charge is 0.457 e. The van der Waals surface area contributed by atoms with Gasteiger partial charge in [0.25, 0.3) is 0 Å². The van der Waals surface area contributed by atoms with Gasteiger partial charge in [0.15, 0.2) is 0 Å². The van der Waals surface area contributed by atoms with Crippen molar-refractivity contribution in [2.45, 2.75) is 37.7 Å². The maximum absolute atomic E-state index is 12.9. The van der Waals surface area contributed by atoms with Crippen LogP contribution < -0.4 is 0 Å². The quantitative estimate of drug-likeness (QED) is 0.721. The Bertz CT molecular complexity index is 1020. The molecule has 7 heteroatoms. The molecule has 0 radical (unpaired) electrons. The summed E-state index contributed by atoms with van der Waals surface area (Å²) >= 11 is 0. The highest BCUT2D eigenvalue weighted by atomic mass is 32.2. The highest BCUT2D eigenvalue weighted by molar-refractivity contribution is 7.89. The van der Waals surface area contributed by atoms with Crippen molar-refractivity contribution in [3.05, 3.63) is 64.7 Å². The van der Waals surface area contributed by atoms with Gasteiger partial charge in [-0.3, -0.25) is 0 Å². The SMILES string of the molecule is Cc1ccc(S(=O)(=O)N2CCCCC2)cc1C(=O)OCc1cccc(C#N)c1. The summed E-state index contributed by atoms with van der Waals surface area (Å²) in [5, 5.41) is 8.95. The first-order chi connectivity index (χ1) is 13.4. The van der Waals surface area contributed by atoms with Crippen LogP contribution in [0.2, 0.25) is 0 Å². The summed E-state index contributed by atoms with van der Waals surface area (Å²) in [6, 6.07) is 13.4. The van der Waals surface area contributed by atoms with Gasteiger partial charge < -0.3 is 4.74 Å². The number of carbonyl (C=O) groups is 1. The molecule has 6 nitrogen and oxygen atoms in total. The number of ether oxygens (including phenoxy) is 1. The van der Waals surface area contributed by atoms with Gasteiger partial charge in [-0.25, -0.2) is 13.2 Å². The lowest BCUT2D eigenvalue weighted by Gasteiger charge is -2.26. The average molecular weight is 398 g/mol. The van der Waals surface area contributed by atoms with Crippen LogP contribution in [-0.2, 0) is 21.4 Å². The van der Waals surface area contributed by atoms with Gasteiger partial charge >= 0.3 is 5.97 Å². The highest BCUT2D eigenvalue weighted by Crippen LogP contribution is 2.23. The molecule has 2 aromatic carbocycles. The predicted molar refractivity (Wildman–Crippen MR) is 104 cm³/mol. The molecule has 0 atom stereocenters. The maximum Gasteiger partial charge on any atom is 0.338 e. The lowest BCUT2D eigenvalue weighted by atomic mass is 10.1. The fraction of sp³-hybridized carbons (Fsp3) is 0.333. The molecule has 1 aliphatic rings. The number of benzene rings is 2. The number of rotatable bonds is 5. The van der Waals surface area contributed by atoms with E-state index in [1.54, 1.807) is 37.3 Å². The number of hydrogen-bond donors (Lipinski definition) is 0. The highest BCUT2D eigenvalue weighted by Gasteiger charge is 2.27. The number of aryl methyl sites for hydroxylation is 1. The summed E-state index contributed by atoms with van der Waals surface area (Å²) in [6.07, 6.45) is 2.73. The van der Waals surface area contributed by atoms with E-state index in [2.05, 4.69) is 0 Å². The van der Waals surface area contributed by atoms with Crippen LogP contribution in [0.15, 0.2) is 47.4 Å². The van der Waals surface area contributed by atoms with E-state index in [0.29, 0.717) is 29.8 Å². The minimum atomic E-state index is -3.62. The summed E-state index contributed by atoms with van der Waals surface area (Å²) in [5.74, 6) is -0.587. The van der Waals surface area contributed by atoms with Crippen LogP contribution >= 0.6 is 0 Å². The van der Waals surface area contributed by atoms with Crippen molar-refractivity contribution in [2.75, 3.05) is 13.1 Å². The van der Waals surface area contributed by atoms with Crippen molar-refractivity contribution in [1.82, 2.24) is 4.31 Å². The van der Waals surface area contributed by atoms with Crippen molar-refractivity contribution < 1.29 is 17.9 Å². The molecule has 0 N–H and O–H groups in total. The fourth-order valence-corrected chi connectivity index (χ4v) is 4.74. The molecule has 0 saturated carbocycles. The predicted octanol–water partition coefficient (Wildman–Crippen LogP) is 3.40. The summed E-state index contributed by atoms with van der Waals surface area (Å²) in [6.45, 7) is 2.76. The Balaban J connectivity index is 1.78. The van der Waals surface area contributed by atoms with Crippen molar-refractivity contribution in [1.29, 1.82) is 5.26 Å². The number of esters is 1. The molecule has 146 valence electrons. The number of piperidine rings is 1. The van der Waals surface area contributed by atoms with Crippen molar-refractivity contribution >= 4 is 16.0 Å². The molecule has 0 bridgehead atoms. The van der Waals surface area contributed by atoms with Crippen LogP contribution in [0.5, 0.6) is 0 Å². The van der Waals surface area contributed by atoms with Gasteiger partial charge in [-0.1, -0.05) is 24.6 Å². The molecule has 1 aliphatic heterocycles. The van der Waals surface area contributed by atoms with Gasteiger partial charge in [0.2, 0.25) is 10.0 Å². The minimum Gasteiger partial charge on any atom is -0.457 e. The van der Waals surface area contributed by atoms with E-state index in [1.807, 2.05) is 6.07 Å².